The minimum Gasteiger partial charge on any atom is -0.480 e. The number of morpholine rings is 1. The summed E-state index contributed by atoms with van der Waals surface area (Å²) in [7, 11) is 0. The van der Waals surface area contributed by atoms with Crippen molar-refractivity contribution in [2.24, 2.45) is 0 Å². The van der Waals surface area contributed by atoms with Crippen molar-refractivity contribution in [1.29, 1.82) is 0 Å². The Morgan fingerprint density at radius 3 is 2.67 bits per heavy atom. The van der Waals surface area contributed by atoms with Gasteiger partial charge in [0, 0.05) is 6.54 Å². The number of carbonyl (C=O) groups is 2. The van der Waals surface area contributed by atoms with Crippen LogP contribution in [0.5, 0.6) is 0 Å². The fourth-order valence-corrected chi connectivity index (χ4v) is 2.92. The van der Waals surface area contributed by atoms with Gasteiger partial charge in [-0.25, -0.2) is 4.79 Å². The Morgan fingerprint density at radius 1 is 1.33 bits per heavy atom. The predicted octanol–water partition coefficient (Wildman–Crippen LogP) is 1.31. The highest BCUT2D eigenvalue weighted by atomic mass is 19.4. The van der Waals surface area contributed by atoms with E-state index >= 15 is 0 Å². The zero-order chi connectivity index (χ0) is 15.6. The summed E-state index contributed by atoms with van der Waals surface area (Å²) in [6.45, 7) is -2.08. The molecule has 2 amide bonds. The lowest BCUT2D eigenvalue weighted by molar-refractivity contribution is -0.150. The monoisotopic (exact) mass is 310 g/mol. The molecule has 1 aliphatic carbocycles. The zero-order valence-electron chi connectivity index (χ0n) is 11.3. The Hall–Kier alpha value is -1.51. The van der Waals surface area contributed by atoms with Crippen molar-refractivity contribution in [3.8, 4) is 0 Å². The van der Waals surface area contributed by atoms with Gasteiger partial charge in [-0.05, 0) is 19.3 Å². The lowest BCUT2D eigenvalue weighted by atomic mass is 10.1. The van der Waals surface area contributed by atoms with Crippen molar-refractivity contribution in [2.75, 3.05) is 26.2 Å². The molecule has 1 heterocycles. The van der Waals surface area contributed by atoms with Gasteiger partial charge < -0.3 is 19.6 Å². The fraction of sp³-hybridized carbons (Fsp3) is 0.833. The van der Waals surface area contributed by atoms with Crippen molar-refractivity contribution in [3.05, 3.63) is 0 Å². The molecule has 2 unspecified atom stereocenters. The lowest BCUT2D eigenvalue weighted by Crippen LogP contribution is -2.57. The molecule has 6 nitrogen and oxygen atoms in total. The number of aliphatic carboxylic acids is 1. The molecular weight excluding hydrogens is 293 g/mol. The third kappa shape index (κ3) is 3.99. The number of ether oxygens (including phenoxy) is 1. The molecule has 0 bridgehead atoms. The van der Waals surface area contributed by atoms with Crippen molar-refractivity contribution in [1.82, 2.24) is 9.80 Å². The molecule has 0 spiro atoms. The van der Waals surface area contributed by atoms with Crippen LogP contribution in [-0.2, 0) is 9.53 Å². The number of hydrogen-bond donors (Lipinski definition) is 1. The summed E-state index contributed by atoms with van der Waals surface area (Å²) >= 11 is 0. The molecule has 2 atom stereocenters. The summed E-state index contributed by atoms with van der Waals surface area (Å²) in [5, 5.41) is 8.71. The topological polar surface area (TPSA) is 70.1 Å². The van der Waals surface area contributed by atoms with Gasteiger partial charge in [-0.15, -0.1) is 0 Å². The lowest BCUT2D eigenvalue weighted by Gasteiger charge is -2.40. The maximum absolute atomic E-state index is 12.5. The van der Waals surface area contributed by atoms with Gasteiger partial charge in [0.05, 0.1) is 18.8 Å². The van der Waals surface area contributed by atoms with E-state index in [1.807, 2.05) is 0 Å². The standard InChI is InChI=1S/C12H17F3N2O4/c13-12(14,15)7-16(6-10(18)19)11(20)17-4-5-21-9-3-1-2-8(9)17/h8-9H,1-7H2,(H,18,19). The number of carboxylic acids is 1. The molecule has 2 aliphatic rings. The van der Waals surface area contributed by atoms with Crippen LogP contribution in [0.15, 0.2) is 0 Å². The molecule has 120 valence electrons. The largest absolute Gasteiger partial charge is 0.480 e. The van der Waals surface area contributed by atoms with E-state index in [0.717, 1.165) is 12.8 Å². The third-order valence-electron chi connectivity index (χ3n) is 3.69. The number of rotatable bonds is 3. The van der Waals surface area contributed by atoms with E-state index in [9.17, 15) is 22.8 Å². The molecule has 1 aliphatic heterocycles. The predicted molar refractivity (Wildman–Crippen MR) is 64.7 cm³/mol. The fourth-order valence-electron chi connectivity index (χ4n) is 2.92. The highest BCUT2D eigenvalue weighted by Crippen LogP contribution is 2.30. The summed E-state index contributed by atoms with van der Waals surface area (Å²) < 4.78 is 43.1. The number of nitrogens with zero attached hydrogens (tertiary/aromatic N) is 2. The number of alkyl halides is 3. The molecule has 9 heteroatoms. The van der Waals surface area contributed by atoms with Crippen LogP contribution < -0.4 is 0 Å². The summed E-state index contributed by atoms with van der Waals surface area (Å²) in [6.07, 6.45) is -2.50. The molecule has 0 aromatic heterocycles. The number of hydrogen-bond acceptors (Lipinski definition) is 3. The van der Waals surface area contributed by atoms with E-state index in [4.69, 9.17) is 9.84 Å². The summed E-state index contributed by atoms with van der Waals surface area (Å²) in [4.78, 5) is 24.7. The first-order valence-corrected chi connectivity index (χ1v) is 6.73. The smallest absolute Gasteiger partial charge is 0.406 e. The highest BCUT2D eigenvalue weighted by molar-refractivity contribution is 5.80. The van der Waals surface area contributed by atoms with Gasteiger partial charge in [0.1, 0.15) is 13.1 Å². The first-order valence-electron chi connectivity index (χ1n) is 6.73. The second-order valence-corrected chi connectivity index (χ2v) is 5.25. The van der Waals surface area contributed by atoms with Gasteiger partial charge in [0.2, 0.25) is 0 Å². The third-order valence-corrected chi connectivity index (χ3v) is 3.69. The summed E-state index contributed by atoms with van der Waals surface area (Å²) in [5.41, 5.74) is 0. The van der Waals surface area contributed by atoms with Crippen LogP contribution >= 0.6 is 0 Å². The average molecular weight is 310 g/mol. The van der Waals surface area contributed by atoms with Crippen LogP contribution in [0.3, 0.4) is 0 Å². The minimum absolute atomic E-state index is 0.153. The molecule has 2 rings (SSSR count). The van der Waals surface area contributed by atoms with E-state index in [2.05, 4.69) is 0 Å². The Morgan fingerprint density at radius 2 is 2.05 bits per heavy atom. The highest BCUT2D eigenvalue weighted by Gasteiger charge is 2.42. The maximum atomic E-state index is 12.5. The summed E-state index contributed by atoms with van der Waals surface area (Å²) in [6, 6.07) is -1.13. The van der Waals surface area contributed by atoms with E-state index in [1.54, 1.807) is 0 Å². The molecule has 1 saturated carbocycles. The van der Waals surface area contributed by atoms with E-state index in [-0.39, 0.29) is 25.3 Å². The molecule has 2 fully saturated rings. The van der Waals surface area contributed by atoms with Crippen LogP contribution in [-0.4, -0.2) is 71.5 Å². The number of amides is 2. The Kier molecular flexibility index (Phi) is 4.60. The molecule has 1 N–H and O–H groups in total. The zero-order valence-corrected chi connectivity index (χ0v) is 11.3. The molecule has 0 aromatic rings. The molecule has 0 radical (unpaired) electrons. The Balaban J connectivity index is 2.10. The number of urea groups is 1. The van der Waals surface area contributed by atoms with Crippen molar-refractivity contribution in [2.45, 2.75) is 37.6 Å². The molecule has 1 saturated heterocycles. The molecule has 0 aromatic carbocycles. The van der Waals surface area contributed by atoms with Gasteiger partial charge in [-0.1, -0.05) is 0 Å². The van der Waals surface area contributed by atoms with Crippen molar-refractivity contribution >= 4 is 12.0 Å². The number of carbonyl (C=O) groups excluding carboxylic acids is 1. The first-order chi connectivity index (χ1) is 9.78. The molecule has 21 heavy (non-hydrogen) atoms. The average Bonchev–Trinajstić information content (AvgIpc) is 2.82. The number of carboxylic acid groups (broad SMARTS) is 1. The van der Waals surface area contributed by atoms with Crippen molar-refractivity contribution < 1.29 is 32.6 Å². The van der Waals surface area contributed by atoms with E-state index in [1.165, 1.54) is 4.90 Å². The van der Waals surface area contributed by atoms with Crippen LogP contribution in [0.2, 0.25) is 0 Å². The number of halogens is 3. The van der Waals surface area contributed by atoms with E-state index < -0.39 is 31.3 Å². The van der Waals surface area contributed by atoms with Gasteiger partial charge in [-0.3, -0.25) is 4.79 Å². The second-order valence-electron chi connectivity index (χ2n) is 5.25. The van der Waals surface area contributed by atoms with Crippen LogP contribution in [0.1, 0.15) is 19.3 Å². The van der Waals surface area contributed by atoms with Gasteiger partial charge in [0.25, 0.3) is 0 Å². The normalized spacial score (nSPS) is 25.6. The first kappa shape index (κ1) is 15.9. The SMILES string of the molecule is O=C(O)CN(CC(F)(F)F)C(=O)N1CCOC2CCCC21. The summed E-state index contributed by atoms with van der Waals surface area (Å²) in [5.74, 6) is -1.47. The minimum atomic E-state index is -4.63. The Labute approximate surface area is 119 Å². The van der Waals surface area contributed by atoms with Crippen molar-refractivity contribution in [3.63, 3.8) is 0 Å². The van der Waals surface area contributed by atoms with Gasteiger partial charge in [0.15, 0.2) is 0 Å². The van der Waals surface area contributed by atoms with Crippen LogP contribution in [0.25, 0.3) is 0 Å². The van der Waals surface area contributed by atoms with E-state index in [0.29, 0.717) is 11.3 Å². The molecular formula is C12H17F3N2O4. The van der Waals surface area contributed by atoms with Gasteiger partial charge >= 0.3 is 18.2 Å². The van der Waals surface area contributed by atoms with Gasteiger partial charge in [-0.2, -0.15) is 13.2 Å². The second kappa shape index (κ2) is 6.08. The van der Waals surface area contributed by atoms with Crippen LogP contribution in [0.4, 0.5) is 18.0 Å². The maximum Gasteiger partial charge on any atom is 0.406 e. The number of fused-ring (bicyclic) bond motifs is 1. The quantitative estimate of drug-likeness (QED) is 0.853. The van der Waals surface area contributed by atoms with Crippen LogP contribution in [0, 0.1) is 0 Å². The Bertz CT molecular complexity index is 416.